The van der Waals surface area contributed by atoms with Crippen LogP contribution in [0.15, 0.2) is 0 Å². The van der Waals surface area contributed by atoms with Crippen LogP contribution < -0.4 is 0 Å². The Morgan fingerprint density at radius 2 is 1.58 bits per heavy atom. The lowest BCUT2D eigenvalue weighted by molar-refractivity contribution is 0.0990. The third kappa shape index (κ3) is 6.92. The number of hydrogen-bond donors (Lipinski definition) is 0. The van der Waals surface area contributed by atoms with E-state index in [4.69, 9.17) is 34.2 Å². The van der Waals surface area contributed by atoms with Gasteiger partial charge in [-0.05, 0) is 44.9 Å². The molecule has 0 saturated carbocycles. The van der Waals surface area contributed by atoms with Gasteiger partial charge >= 0.3 is 15.3 Å². The van der Waals surface area contributed by atoms with Crippen molar-refractivity contribution in [1.82, 2.24) is 0 Å². The van der Waals surface area contributed by atoms with E-state index in [0.29, 0.717) is 13.2 Å². The molecule has 0 spiro atoms. The first kappa shape index (κ1) is 17.9. The van der Waals surface area contributed by atoms with E-state index >= 15 is 0 Å². The molecule has 0 N–H and O–H groups in total. The number of hydrogen-bond acceptors (Lipinski definition) is 6. The van der Waals surface area contributed by atoms with Gasteiger partial charge in [0.1, 0.15) is 0 Å². The summed E-state index contributed by atoms with van der Waals surface area (Å²) in [5.41, 5.74) is 0. The van der Waals surface area contributed by atoms with E-state index in [0.717, 1.165) is 19.3 Å². The van der Waals surface area contributed by atoms with Crippen LogP contribution in [0.5, 0.6) is 0 Å². The fourth-order valence-electron chi connectivity index (χ4n) is 1.16. The second kappa shape index (κ2) is 9.01. The third-order valence-electron chi connectivity index (χ3n) is 2.62. The molecular formula is C11H24O5P2S. The van der Waals surface area contributed by atoms with Gasteiger partial charge in [0.25, 0.3) is 0 Å². The summed E-state index contributed by atoms with van der Waals surface area (Å²) in [5, 5.41) is 0. The zero-order chi connectivity index (χ0) is 14.3. The molecule has 1 aliphatic heterocycles. The van der Waals surface area contributed by atoms with Crippen molar-refractivity contribution in [1.29, 1.82) is 0 Å². The lowest BCUT2D eigenvalue weighted by atomic mass is 10.3. The van der Waals surface area contributed by atoms with Gasteiger partial charge in [0.05, 0.1) is 25.4 Å². The third-order valence-corrected chi connectivity index (χ3v) is 7.09. The van der Waals surface area contributed by atoms with Crippen molar-refractivity contribution in [2.24, 2.45) is 0 Å². The molecule has 0 amide bonds. The molecule has 0 radical (unpaired) electrons. The minimum atomic E-state index is -2.82. The van der Waals surface area contributed by atoms with Gasteiger partial charge in [-0.15, -0.1) is 0 Å². The highest BCUT2D eigenvalue weighted by Crippen LogP contribution is 2.63. The van der Waals surface area contributed by atoms with Gasteiger partial charge in [0.15, 0.2) is 0 Å². The summed E-state index contributed by atoms with van der Waals surface area (Å²) in [6.45, 7) is 6.43. The number of rotatable bonds is 8. The van der Waals surface area contributed by atoms with Crippen molar-refractivity contribution in [2.75, 3.05) is 13.2 Å². The summed E-state index contributed by atoms with van der Waals surface area (Å²) in [7, 11) is -1.44. The Balaban J connectivity index is 2.63. The fourth-order valence-corrected chi connectivity index (χ4v) is 5.73. The van der Waals surface area contributed by atoms with Crippen molar-refractivity contribution in [2.45, 2.75) is 59.2 Å². The predicted octanol–water partition coefficient (Wildman–Crippen LogP) is 4.52. The summed E-state index contributed by atoms with van der Waals surface area (Å²) in [5.74, 6) is 0. The van der Waals surface area contributed by atoms with E-state index in [-0.39, 0.29) is 12.2 Å². The molecule has 0 aromatic heterocycles. The zero-order valence-electron chi connectivity index (χ0n) is 12.0. The maximum absolute atomic E-state index is 5.80. The van der Waals surface area contributed by atoms with E-state index in [9.17, 15) is 0 Å². The maximum Gasteiger partial charge on any atom is 0.340 e. The van der Waals surface area contributed by atoms with Gasteiger partial charge in [-0.3, -0.25) is 0 Å². The van der Waals surface area contributed by atoms with Crippen molar-refractivity contribution < 1.29 is 22.4 Å². The summed E-state index contributed by atoms with van der Waals surface area (Å²) >= 11 is 5.47. The molecule has 0 aliphatic carbocycles. The molecule has 1 saturated heterocycles. The monoisotopic (exact) mass is 330 g/mol. The van der Waals surface area contributed by atoms with Gasteiger partial charge in [-0.25, -0.2) is 4.31 Å². The van der Waals surface area contributed by atoms with Crippen molar-refractivity contribution in [3.05, 3.63) is 0 Å². The molecule has 1 rings (SSSR count). The van der Waals surface area contributed by atoms with E-state index in [2.05, 4.69) is 0 Å². The molecule has 8 heteroatoms. The average Bonchev–Trinajstić information content (AvgIpc) is 2.39. The molecule has 1 heterocycles. The quantitative estimate of drug-likeness (QED) is 0.610. The minimum Gasteiger partial charge on any atom is -0.312 e. The Morgan fingerprint density at radius 3 is 2.00 bits per heavy atom. The second-order valence-corrected chi connectivity index (χ2v) is 8.70. The molecule has 1 aliphatic rings. The summed E-state index contributed by atoms with van der Waals surface area (Å²) < 4.78 is 28.2. The first-order valence-corrected chi connectivity index (χ1v) is 10.4. The van der Waals surface area contributed by atoms with E-state index in [1.807, 2.05) is 27.7 Å². The van der Waals surface area contributed by atoms with Gasteiger partial charge < -0.3 is 18.1 Å². The highest BCUT2D eigenvalue weighted by atomic mass is 32.5. The molecule has 114 valence electrons. The molecule has 2 atom stereocenters. The lowest BCUT2D eigenvalue weighted by Crippen LogP contribution is -2.14. The van der Waals surface area contributed by atoms with Crippen molar-refractivity contribution in [3.63, 3.8) is 0 Å². The van der Waals surface area contributed by atoms with Crippen LogP contribution >= 0.6 is 15.3 Å². The van der Waals surface area contributed by atoms with Crippen LogP contribution in [0.3, 0.4) is 0 Å². The Labute approximate surface area is 122 Å². The topological polar surface area (TPSA) is 46.2 Å². The zero-order valence-corrected chi connectivity index (χ0v) is 14.6. The average molecular weight is 330 g/mol. The van der Waals surface area contributed by atoms with Crippen LogP contribution in [-0.2, 0) is 34.2 Å². The summed E-state index contributed by atoms with van der Waals surface area (Å²) in [6.07, 6.45) is 2.57. The van der Waals surface area contributed by atoms with Crippen LogP contribution in [0.25, 0.3) is 0 Å². The highest BCUT2D eigenvalue weighted by molar-refractivity contribution is 8.08. The van der Waals surface area contributed by atoms with Gasteiger partial charge in [0, 0.05) is 0 Å². The van der Waals surface area contributed by atoms with Crippen LogP contribution in [-0.4, -0.2) is 25.4 Å². The molecule has 5 nitrogen and oxygen atoms in total. The van der Waals surface area contributed by atoms with Crippen LogP contribution in [0.4, 0.5) is 0 Å². The molecule has 1 fully saturated rings. The Kier molecular flexibility index (Phi) is 8.50. The lowest BCUT2D eigenvalue weighted by Gasteiger charge is -2.30. The van der Waals surface area contributed by atoms with E-state index in [1.165, 1.54) is 0 Å². The molecule has 0 unspecified atom stereocenters. The second-order valence-electron chi connectivity index (χ2n) is 4.42. The Morgan fingerprint density at radius 1 is 1.11 bits per heavy atom. The largest absolute Gasteiger partial charge is 0.340 e. The normalized spacial score (nSPS) is 21.3. The SMILES string of the molecule is CC[C@H](C)OP(=S)(O[C@@H](C)CC)OP1OCCCO1. The van der Waals surface area contributed by atoms with Crippen molar-refractivity contribution >= 4 is 27.1 Å². The van der Waals surface area contributed by atoms with Crippen LogP contribution in [0.1, 0.15) is 47.0 Å². The summed E-state index contributed by atoms with van der Waals surface area (Å²) in [4.78, 5) is 0. The molecule has 0 aromatic carbocycles. The first-order chi connectivity index (χ1) is 8.99. The molecule has 19 heavy (non-hydrogen) atoms. The van der Waals surface area contributed by atoms with Gasteiger partial charge in [0.2, 0.25) is 0 Å². The smallest absolute Gasteiger partial charge is 0.312 e. The Bertz CT molecular complexity index is 283. The van der Waals surface area contributed by atoms with E-state index in [1.54, 1.807) is 0 Å². The standard InChI is InChI=1S/C11H24O5P2S/c1-5-10(3)14-18(19,15-11(4)6-2)16-17-12-8-7-9-13-17/h10-11H,5-9H2,1-4H3/t10-,11-/m0/s1. The maximum atomic E-state index is 5.80. The van der Waals surface area contributed by atoms with E-state index < -0.39 is 15.3 Å². The molecular weight excluding hydrogens is 306 g/mol. The molecule has 0 bridgehead atoms. The van der Waals surface area contributed by atoms with Crippen LogP contribution in [0, 0.1) is 0 Å². The van der Waals surface area contributed by atoms with Gasteiger partial charge in [-0.2, -0.15) is 0 Å². The van der Waals surface area contributed by atoms with Crippen LogP contribution in [0.2, 0.25) is 0 Å². The van der Waals surface area contributed by atoms with Crippen molar-refractivity contribution in [3.8, 4) is 0 Å². The Hall–Kier alpha value is 0.880. The summed E-state index contributed by atoms with van der Waals surface area (Å²) in [6, 6.07) is 0. The molecule has 0 aromatic rings. The van der Waals surface area contributed by atoms with Gasteiger partial charge in [-0.1, -0.05) is 13.8 Å². The first-order valence-electron chi connectivity index (χ1n) is 6.71. The fraction of sp³-hybridized carbons (Fsp3) is 1.00. The predicted molar refractivity (Wildman–Crippen MR) is 80.5 cm³/mol. The highest BCUT2D eigenvalue weighted by Gasteiger charge is 2.32. The minimum absolute atomic E-state index is 0.00493.